The third-order valence-corrected chi connectivity index (χ3v) is 5.65. The van der Waals surface area contributed by atoms with Crippen molar-refractivity contribution in [3.8, 4) is 0 Å². The molecular formula is C19H23BrN4O. The quantitative estimate of drug-likeness (QED) is 0.790. The van der Waals surface area contributed by atoms with Crippen LogP contribution in [0.25, 0.3) is 10.9 Å². The SMILES string of the molecule is O=C(CN1CCN(c2ccc3ccc(Br)cc3n2)CC1)N1CCCC1. The van der Waals surface area contributed by atoms with Crippen LogP contribution in [0, 0.1) is 0 Å². The summed E-state index contributed by atoms with van der Waals surface area (Å²) >= 11 is 3.52. The van der Waals surface area contributed by atoms with Gasteiger partial charge in [-0.05, 0) is 37.1 Å². The number of amides is 1. The van der Waals surface area contributed by atoms with Crippen molar-refractivity contribution in [2.24, 2.45) is 0 Å². The van der Waals surface area contributed by atoms with Crippen molar-refractivity contribution in [2.45, 2.75) is 12.8 Å². The molecule has 0 saturated carbocycles. The van der Waals surface area contributed by atoms with Gasteiger partial charge in [-0.25, -0.2) is 4.98 Å². The van der Waals surface area contributed by atoms with Crippen molar-refractivity contribution < 1.29 is 4.79 Å². The monoisotopic (exact) mass is 402 g/mol. The molecule has 0 atom stereocenters. The minimum atomic E-state index is 0.291. The zero-order valence-corrected chi connectivity index (χ0v) is 15.9. The van der Waals surface area contributed by atoms with Crippen molar-refractivity contribution in [3.63, 3.8) is 0 Å². The number of likely N-dealkylation sites (tertiary alicyclic amines) is 1. The maximum absolute atomic E-state index is 12.3. The lowest BCUT2D eigenvalue weighted by Crippen LogP contribution is -2.50. The zero-order valence-electron chi connectivity index (χ0n) is 14.3. The van der Waals surface area contributed by atoms with Crippen molar-refractivity contribution in [3.05, 3.63) is 34.8 Å². The van der Waals surface area contributed by atoms with Crippen molar-refractivity contribution >= 4 is 38.6 Å². The fraction of sp³-hybridized carbons (Fsp3) is 0.474. The molecule has 25 heavy (non-hydrogen) atoms. The lowest BCUT2D eigenvalue weighted by molar-refractivity contribution is -0.131. The van der Waals surface area contributed by atoms with E-state index in [0.717, 1.165) is 73.3 Å². The van der Waals surface area contributed by atoms with Crippen LogP contribution in [-0.2, 0) is 4.79 Å². The summed E-state index contributed by atoms with van der Waals surface area (Å²) in [5.41, 5.74) is 1.01. The summed E-state index contributed by atoms with van der Waals surface area (Å²) in [5.74, 6) is 1.32. The van der Waals surface area contributed by atoms with Gasteiger partial charge in [0, 0.05) is 49.1 Å². The number of carbonyl (C=O) groups excluding carboxylic acids is 1. The number of rotatable bonds is 3. The Bertz CT molecular complexity index is 767. The summed E-state index contributed by atoms with van der Waals surface area (Å²) < 4.78 is 1.05. The first-order valence-corrected chi connectivity index (χ1v) is 9.80. The fourth-order valence-corrected chi connectivity index (χ4v) is 4.00. The van der Waals surface area contributed by atoms with Crippen LogP contribution >= 0.6 is 15.9 Å². The number of aromatic nitrogens is 1. The van der Waals surface area contributed by atoms with Gasteiger partial charge in [0.2, 0.25) is 5.91 Å². The second kappa shape index (κ2) is 7.30. The number of hydrogen-bond donors (Lipinski definition) is 0. The minimum Gasteiger partial charge on any atom is -0.354 e. The predicted octanol–water partition coefficient (Wildman–Crippen LogP) is 2.74. The molecule has 2 aliphatic heterocycles. The van der Waals surface area contributed by atoms with Gasteiger partial charge >= 0.3 is 0 Å². The Kier molecular flexibility index (Phi) is 4.90. The van der Waals surface area contributed by atoms with Gasteiger partial charge in [0.1, 0.15) is 5.82 Å². The van der Waals surface area contributed by atoms with Gasteiger partial charge in [-0.2, -0.15) is 0 Å². The highest BCUT2D eigenvalue weighted by molar-refractivity contribution is 9.10. The molecule has 0 aliphatic carbocycles. The van der Waals surface area contributed by atoms with Crippen LogP contribution in [0.2, 0.25) is 0 Å². The summed E-state index contributed by atoms with van der Waals surface area (Å²) in [6.07, 6.45) is 2.31. The van der Waals surface area contributed by atoms with Crippen LogP contribution in [-0.4, -0.2) is 66.5 Å². The van der Waals surface area contributed by atoms with Gasteiger partial charge < -0.3 is 9.80 Å². The van der Waals surface area contributed by atoms with E-state index < -0.39 is 0 Å². The molecule has 6 heteroatoms. The largest absolute Gasteiger partial charge is 0.354 e. The predicted molar refractivity (Wildman–Crippen MR) is 104 cm³/mol. The number of halogens is 1. The van der Waals surface area contributed by atoms with Gasteiger partial charge in [0.25, 0.3) is 0 Å². The van der Waals surface area contributed by atoms with E-state index in [1.807, 2.05) is 11.0 Å². The van der Waals surface area contributed by atoms with E-state index >= 15 is 0 Å². The Morgan fingerprint density at radius 3 is 2.48 bits per heavy atom. The van der Waals surface area contributed by atoms with Gasteiger partial charge in [0.05, 0.1) is 12.1 Å². The second-order valence-electron chi connectivity index (χ2n) is 6.86. The van der Waals surface area contributed by atoms with Crippen LogP contribution in [0.4, 0.5) is 5.82 Å². The molecule has 1 aromatic heterocycles. The maximum Gasteiger partial charge on any atom is 0.236 e. The number of carbonyl (C=O) groups is 1. The number of fused-ring (bicyclic) bond motifs is 1. The first-order chi connectivity index (χ1) is 12.2. The Hall–Kier alpha value is -1.66. The highest BCUT2D eigenvalue weighted by Crippen LogP contribution is 2.22. The van der Waals surface area contributed by atoms with E-state index in [1.54, 1.807) is 0 Å². The molecule has 1 amide bonds. The molecule has 0 radical (unpaired) electrons. The van der Waals surface area contributed by atoms with E-state index in [4.69, 9.17) is 4.98 Å². The molecule has 3 heterocycles. The maximum atomic E-state index is 12.3. The molecule has 0 N–H and O–H groups in total. The molecule has 0 unspecified atom stereocenters. The Balaban J connectivity index is 1.37. The molecule has 4 rings (SSSR count). The summed E-state index contributed by atoms with van der Waals surface area (Å²) in [7, 11) is 0. The number of piperazine rings is 1. The molecule has 2 saturated heterocycles. The second-order valence-corrected chi connectivity index (χ2v) is 7.77. The number of benzene rings is 1. The van der Waals surface area contributed by atoms with E-state index in [-0.39, 0.29) is 0 Å². The van der Waals surface area contributed by atoms with Gasteiger partial charge in [-0.3, -0.25) is 9.69 Å². The average molecular weight is 403 g/mol. The third-order valence-electron chi connectivity index (χ3n) is 5.15. The van der Waals surface area contributed by atoms with Crippen LogP contribution in [0.3, 0.4) is 0 Å². The number of hydrogen-bond acceptors (Lipinski definition) is 4. The minimum absolute atomic E-state index is 0.291. The van der Waals surface area contributed by atoms with Crippen molar-refractivity contribution in [1.82, 2.24) is 14.8 Å². The molecule has 1 aromatic carbocycles. The summed E-state index contributed by atoms with van der Waals surface area (Å²) in [4.78, 5) is 23.7. The van der Waals surface area contributed by atoms with E-state index in [1.165, 1.54) is 0 Å². The summed E-state index contributed by atoms with van der Waals surface area (Å²) in [5, 5.41) is 1.15. The average Bonchev–Trinajstić information content (AvgIpc) is 3.16. The van der Waals surface area contributed by atoms with Crippen molar-refractivity contribution in [1.29, 1.82) is 0 Å². The molecule has 0 bridgehead atoms. The standard InChI is InChI=1S/C19H23BrN4O/c20-16-5-3-15-4-6-18(21-17(15)13-16)23-11-9-22(10-12-23)14-19(25)24-7-1-2-8-24/h3-6,13H,1-2,7-12,14H2. The number of anilines is 1. The van der Waals surface area contributed by atoms with Gasteiger partial charge in [-0.15, -0.1) is 0 Å². The van der Waals surface area contributed by atoms with Crippen molar-refractivity contribution in [2.75, 3.05) is 50.7 Å². The lowest BCUT2D eigenvalue weighted by atomic mass is 10.2. The molecule has 132 valence electrons. The van der Waals surface area contributed by atoms with E-state index in [9.17, 15) is 4.79 Å². The van der Waals surface area contributed by atoms with Gasteiger partial charge in [0.15, 0.2) is 0 Å². The molecule has 2 aromatic rings. The van der Waals surface area contributed by atoms with Crippen LogP contribution in [0.15, 0.2) is 34.8 Å². The third kappa shape index (κ3) is 3.80. The van der Waals surface area contributed by atoms with Crippen LogP contribution < -0.4 is 4.90 Å². The molecule has 0 spiro atoms. The Morgan fingerprint density at radius 2 is 1.72 bits per heavy atom. The topological polar surface area (TPSA) is 39.7 Å². The molecule has 2 aliphatic rings. The fourth-order valence-electron chi connectivity index (χ4n) is 3.65. The lowest BCUT2D eigenvalue weighted by Gasteiger charge is -2.35. The molecular weight excluding hydrogens is 380 g/mol. The first kappa shape index (κ1) is 16.8. The zero-order chi connectivity index (χ0) is 17.2. The Morgan fingerprint density at radius 1 is 1.00 bits per heavy atom. The van der Waals surface area contributed by atoms with Gasteiger partial charge in [-0.1, -0.05) is 22.0 Å². The molecule has 2 fully saturated rings. The summed E-state index contributed by atoms with van der Waals surface area (Å²) in [6.45, 7) is 6.10. The van der Waals surface area contributed by atoms with Crippen LogP contribution in [0.5, 0.6) is 0 Å². The molecule has 5 nitrogen and oxygen atoms in total. The van der Waals surface area contributed by atoms with Crippen LogP contribution in [0.1, 0.15) is 12.8 Å². The van der Waals surface area contributed by atoms with E-state index in [0.29, 0.717) is 12.5 Å². The van der Waals surface area contributed by atoms with E-state index in [2.05, 4.69) is 50.0 Å². The first-order valence-electron chi connectivity index (χ1n) is 9.00. The Labute approximate surface area is 156 Å². The normalized spacial score (nSPS) is 18.9. The highest BCUT2D eigenvalue weighted by atomic mass is 79.9. The smallest absolute Gasteiger partial charge is 0.236 e. The number of pyridine rings is 1. The highest BCUT2D eigenvalue weighted by Gasteiger charge is 2.23. The summed E-state index contributed by atoms with van der Waals surface area (Å²) in [6, 6.07) is 10.4. The number of nitrogens with zero attached hydrogens (tertiary/aromatic N) is 4.